The van der Waals surface area contributed by atoms with Gasteiger partial charge < -0.3 is 15.3 Å². The van der Waals surface area contributed by atoms with Crippen LogP contribution in [0.5, 0.6) is 0 Å². The van der Waals surface area contributed by atoms with E-state index >= 15 is 0 Å². The molecule has 0 spiro atoms. The molecule has 0 aliphatic carbocycles. The molecule has 1 fully saturated rings. The standard InChI is InChI=1S/C22H23N7O2/c1-14(28-30)19-4-5-21-25-26-22(29(21)27-19)11-15-2-3-20-16(10-15)12-18(13-23-20)24-17-6-8-31-9-7-17/h2-5,10,12-13,17,24,30H,6-9,11H2,1H3/b28-14-. The lowest BCUT2D eigenvalue weighted by Gasteiger charge is -2.24. The Morgan fingerprint density at radius 3 is 2.90 bits per heavy atom. The molecule has 0 bridgehead atoms. The van der Waals surface area contributed by atoms with Crippen molar-refractivity contribution in [3.8, 4) is 0 Å². The van der Waals surface area contributed by atoms with Crippen molar-refractivity contribution in [2.24, 2.45) is 5.16 Å². The first-order chi connectivity index (χ1) is 15.2. The number of oxime groups is 1. The minimum atomic E-state index is 0.421. The molecule has 0 radical (unpaired) electrons. The van der Waals surface area contributed by atoms with E-state index in [0.29, 0.717) is 35.3 Å². The average molecular weight is 417 g/mol. The fourth-order valence-electron chi connectivity index (χ4n) is 3.82. The molecule has 0 atom stereocenters. The third kappa shape index (κ3) is 4.04. The zero-order chi connectivity index (χ0) is 21.2. The highest BCUT2D eigenvalue weighted by molar-refractivity contribution is 5.96. The summed E-state index contributed by atoms with van der Waals surface area (Å²) < 4.78 is 7.13. The summed E-state index contributed by atoms with van der Waals surface area (Å²) in [7, 11) is 0. The van der Waals surface area contributed by atoms with Crippen molar-refractivity contribution < 1.29 is 9.94 Å². The smallest absolute Gasteiger partial charge is 0.177 e. The van der Waals surface area contributed by atoms with E-state index in [4.69, 9.17) is 9.94 Å². The number of aromatic nitrogens is 5. The first-order valence-electron chi connectivity index (χ1n) is 10.3. The largest absolute Gasteiger partial charge is 0.411 e. The zero-order valence-corrected chi connectivity index (χ0v) is 17.2. The number of hydrogen-bond donors (Lipinski definition) is 2. The van der Waals surface area contributed by atoms with E-state index in [1.165, 1.54) is 0 Å². The van der Waals surface area contributed by atoms with Gasteiger partial charge in [-0.1, -0.05) is 11.2 Å². The Morgan fingerprint density at radius 1 is 1.19 bits per heavy atom. The summed E-state index contributed by atoms with van der Waals surface area (Å²) in [5.74, 6) is 0.714. The third-order valence-corrected chi connectivity index (χ3v) is 5.55. The quantitative estimate of drug-likeness (QED) is 0.292. The molecule has 9 heteroatoms. The second kappa shape index (κ2) is 8.27. The molecule has 4 aromatic rings. The molecule has 1 saturated heterocycles. The summed E-state index contributed by atoms with van der Waals surface area (Å²) >= 11 is 0. The molecular formula is C22H23N7O2. The second-order valence-corrected chi connectivity index (χ2v) is 7.75. The molecular weight excluding hydrogens is 394 g/mol. The van der Waals surface area contributed by atoms with Crippen molar-refractivity contribution in [1.82, 2.24) is 24.8 Å². The Labute approximate surface area is 178 Å². The predicted molar refractivity (Wildman–Crippen MR) is 117 cm³/mol. The number of fused-ring (bicyclic) bond motifs is 2. The highest BCUT2D eigenvalue weighted by atomic mass is 16.5. The van der Waals surface area contributed by atoms with Gasteiger partial charge >= 0.3 is 0 Å². The molecule has 0 saturated carbocycles. The molecule has 5 rings (SSSR count). The van der Waals surface area contributed by atoms with Gasteiger partial charge in [-0.05, 0) is 55.7 Å². The summed E-state index contributed by atoms with van der Waals surface area (Å²) in [6, 6.07) is 12.3. The number of nitrogens with one attached hydrogen (secondary N) is 1. The van der Waals surface area contributed by atoms with Crippen LogP contribution in [0.25, 0.3) is 16.6 Å². The van der Waals surface area contributed by atoms with Crippen LogP contribution in [0.3, 0.4) is 0 Å². The molecule has 0 unspecified atom stereocenters. The lowest BCUT2D eigenvalue weighted by molar-refractivity contribution is 0.0904. The van der Waals surface area contributed by atoms with E-state index in [2.05, 4.69) is 42.9 Å². The van der Waals surface area contributed by atoms with Crippen molar-refractivity contribution in [2.45, 2.75) is 32.2 Å². The number of anilines is 1. The average Bonchev–Trinajstić information content (AvgIpc) is 3.21. The number of nitrogens with zero attached hydrogens (tertiary/aromatic N) is 6. The van der Waals surface area contributed by atoms with E-state index in [9.17, 15) is 0 Å². The molecule has 3 aromatic heterocycles. The number of rotatable bonds is 5. The first kappa shape index (κ1) is 19.4. The van der Waals surface area contributed by atoms with Gasteiger partial charge in [-0.15, -0.1) is 10.2 Å². The second-order valence-electron chi connectivity index (χ2n) is 7.75. The summed E-state index contributed by atoms with van der Waals surface area (Å²) in [6.07, 6.45) is 4.47. The highest BCUT2D eigenvalue weighted by Gasteiger charge is 2.14. The summed E-state index contributed by atoms with van der Waals surface area (Å²) in [5.41, 5.74) is 4.71. The van der Waals surface area contributed by atoms with Crippen molar-refractivity contribution in [3.63, 3.8) is 0 Å². The maximum Gasteiger partial charge on any atom is 0.177 e. The van der Waals surface area contributed by atoms with Crippen LogP contribution >= 0.6 is 0 Å². The van der Waals surface area contributed by atoms with Crippen LogP contribution in [-0.4, -0.2) is 55.0 Å². The molecule has 31 heavy (non-hydrogen) atoms. The monoisotopic (exact) mass is 417 g/mol. The van der Waals surface area contributed by atoms with Crippen LogP contribution in [0.1, 0.15) is 36.8 Å². The first-order valence-corrected chi connectivity index (χ1v) is 10.3. The van der Waals surface area contributed by atoms with Gasteiger partial charge in [0.05, 0.1) is 17.4 Å². The summed E-state index contributed by atoms with van der Waals surface area (Å²) in [4.78, 5) is 4.60. The van der Waals surface area contributed by atoms with Crippen LogP contribution < -0.4 is 5.32 Å². The number of benzene rings is 1. The van der Waals surface area contributed by atoms with E-state index in [1.54, 1.807) is 17.5 Å². The molecule has 0 amide bonds. The third-order valence-electron chi connectivity index (χ3n) is 5.55. The molecule has 2 N–H and O–H groups in total. The Balaban J connectivity index is 1.42. The Kier molecular flexibility index (Phi) is 5.17. The summed E-state index contributed by atoms with van der Waals surface area (Å²) in [6.45, 7) is 3.30. The summed E-state index contributed by atoms with van der Waals surface area (Å²) in [5, 5.41) is 29.9. The van der Waals surface area contributed by atoms with Crippen LogP contribution in [-0.2, 0) is 11.2 Å². The molecule has 158 valence electrons. The van der Waals surface area contributed by atoms with Crippen molar-refractivity contribution in [3.05, 3.63) is 59.7 Å². The predicted octanol–water partition coefficient (Wildman–Crippen LogP) is 3.05. The van der Waals surface area contributed by atoms with Gasteiger partial charge in [-0.2, -0.15) is 9.61 Å². The minimum absolute atomic E-state index is 0.421. The maximum atomic E-state index is 9.03. The van der Waals surface area contributed by atoms with Crippen LogP contribution in [0.4, 0.5) is 5.69 Å². The lowest BCUT2D eigenvalue weighted by atomic mass is 10.1. The zero-order valence-electron chi connectivity index (χ0n) is 17.2. The molecule has 1 aromatic carbocycles. The Bertz CT molecular complexity index is 1260. The fourth-order valence-corrected chi connectivity index (χ4v) is 3.82. The maximum absolute atomic E-state index is 9.03. The Morgan fingerprint density at radius 2 is 2.06 bits per heavy atom. The van der Waals surface area contributed by atoms with Gasteiger partial charge in [0.1, 0.15) is 11.4 Å². The van der Waals surface area contributed by atoms with E-state index < -0.39 is 0 Å². The number of pyridine rings is 1. The van der Waals surface area contributed by atoms with Crippen LogP contribution in [0, 0.1) is 0 Å². The minimum Gasteiger partial charge on any atom is -0.411 e. The van der Waals surface area contributed by atoms with Gasteiger partial charge in [0.25, 0.3) is 0 Å². The SMILES string of the molecule is C/C(=N/O)c1ccc2nnc(Cc3ccc4ncc(NC5CCOCC5)cc4c3)n2n1. The van der Waals surface area contributed by atoms with E-state index in [-0.39, 0.29) is 0 Å². The van der Waals surface area contributed by atoms with Gasteiger partial charge in [0, 0.05) is 31.1 Å². The highest BCUT2D eigenvalue weighted by Crippen LogP contribution is 2.22. The van der Waals surface area contributed by atoms with Crippen LogP contribution in [0.15, 0.2) is 47.8 Å². The van der Waals surface area contributed by atoms with Crippen molar-refractivity contribution >= 4 is 27.9 Å². The molecule has 1 aliphatic heterocycles. The molecule has 4 heterocycles. The fraction of sp³-hybridized carbons (Fsp3) is 0.318. The van der Waals surface area contributed by atoms with Gasteiger partial charge in [-0.25, -0.2) is 0 Å². The van der Waals surface area contributed by atoms with Crippen molar-refractivity contribution in [1.29, 1.82) is 0 Å². The molecule has 1 aliphatic rings. The van der Waals surface area contributed by atoms with E-state index in [1.807, 2.05) is 24.4 Å². The van der Waals surface area contributed by atoms with Crippen molar-refractivity contribution in [2.75, 3.05) is 18.5 Å². The molecule has 9 nitrogen and oxygen atoms in total. The number of ether oxygens (including phenoxy) is 1. The lowest BCUT2D eigenvalue weighted by Crippen LogP contribution is -2.27. The topological polar surface area (TPSA) is 110 Å². The Hall–Kier alpha value is -3.59. The van der Waals surface area contributed by atoms with Gasteiger partial charge in [-0.3, -0.25) is 4.98 Å². The number of hydrogen-bond acceptors (Lipinski definition) is 8. The van der Waals surface area contributed by atoms with Gasteiger partial charge in [0.2, 0.25) is 0 Å². The van der Waals surface area contributed by atoms with Gasteiger partial charge in [0.15, 0.2) is 11.5 Å². The van der Waals surface area contributed by atoms with E-state index in [0.717, 1.165) is 48.2 Å². The van der Waals surface area contributed by atoms with Crippen LogP contribution in [0.2, 0.25) is 0 Å². The normalized spacial score (nSPS) is 15.6.